The minimum absolute atomic E-state index is 0.118. The second-order valence-electron chi connectivity index (χ2n) is 6.23. The fourth-order valence-electron chi connectivity index (χ4n) is 3.06. The number of nitrogens with zero attached hydrogens (tertiary/aromatic N) is 1. The summed E-state index contributed by atoms with van der Waals surface area (Å²) in [4.78, 5) is 15.2. The van der Waals surface area contributed by atoms with E-state index < -0.39 is 10.0 Å². The van der Waals surface area contributed by atoms with Gasteiger partial charge in [-0.05, 0) is 36.6 Å². The molecule has 3 heterocycles. The Bertz CT molecular complexity index is 932. The van der Waals surface area contributed by atoms with Crippen molar-refractivity contribution in [1.82, 2.24) is 14.6 Å². The maximum Gasteiger partial charge on any atom is 0.268 e. The molecule has 1 amide bonds. The third kappa shape index (κ3) is 3.15. The average molecular weight is 377 g/mol. The van der Waals surface area contributed by atoms with Crippen molar-refractivity contribution in [3.63, 3.8) is 0 Å². The number of rotatable bonds is 5. The first-order valence-corrected chi connectivity index (χ1v) is 9.83. The van der Waals surface area contributed by atoms with Crippen molar-refractivity contribution in [2.75, 3.05) is 19.9 Å². The summed E-state index contributed by atoms with van der Waals surface area (Å²) in [5, 5.41) is 2.77. The summed E-state index contributed by atoms with van der Waals surface area (Å²) in [7, 11) is -3.53. The van der Waals surface area contributed by atoms with Crippen molar-refractivity contribution in [1.29, 1.82) is 0 Å². The zero-order valence-electron chi connectivity index (χ0n) is 14.0. The molecule has 0 saturated carbocycles. The normalized spacial score (nSPS) is 16.8. The molecule has 2 aliphatic heterocycles. The van der Waals surface area contributed by atoms with Crippen LogP contribution in [0.15, 0.2) is 35.4 Å². The zero-order chi connectivity index (χ0) is 18.1. The molecular formula is C17H19N3O5S. The lowest BCUT2D eigenvalue weighted by Crippen LogP contribution is -2.27. The van der Waals surface area contributed by atoms with Crippen molar-refractivity contribution in [2.24, 2.45) is 0 Å². The van der Waals surface area contributed by atoms with Gasteiger partial charge in [0.15, 0.2) is 11.5 Å². The number of aromatic nitrogens is 1. The Morgan fingerprint density at radius 2 is 1.92 bits per heavy atom. The maximum atomic E-state index is 12.5. The quantitative estimate of drug-likeness (QED) is 0.822. The van der Waals surface area contributed by atoms with Crippen molar-refractivity contribution in [3.8, 4) is 11.5 Å². The number of nitrogens with one attached hydrogen (secondary N) is 2. The van der Waals surface area contributed by atoms with Gasteiger partial charge in [-0.1, -0.05) is 6.07 Å². The maximum absolute atomic E-state index is 12.5. The lowest BCUT2D eigenvalue weighted by atomic mass is 10.2. The molecule has 1 aromatic heterocycles. The molecule has 0 atom stereocenters. The topological polar surface area (TPSA) is 101 Å². The predicted molar refractivity (Wildman–Crippen MR) is 92.5 cm³/mol. The van der Waals surface area contributed by atoms with Crippen LogP contribution in [0.4, 0.5) is 0 Å². The van der Waals surface area contributed by atoms with Gasteiger partial charge in [-0.25, -0.2) is 8.42 Å². The van der Waals surface area contributed by atoms with E-state index in [0.717, 1.165) is 18.4 Å². The van der Waals surface area contributed by atoms with Crippen molar-refractivity contribution in [2.45, 2.75) is 24.3 Å². The highest BCUT2D eigenvalue weighted by molar-refractivity contribution is 7.89. The number of aromatic amines is 1. The van der Waals surface area contributed by atoms with Crippen LogP contribution in [-0.2, 0) is 16.6 Å². The molecule has 2 N–H and O–H groups in total. The van der Waals surface area contributed by atoms with Crippen LogP contribution in [0.1, 0.15) is 28.9 Å². The van der Waals surface area contributed by atoms with Gasteiger partial charge in [0.25, 0.3) is 5.91 Å². The van der Waals surface area contributed by atoms with E-state index in [4.69, 9.17) is 9.47 Å². The second-order valence-corrected chi connectivity index (χ2v) is 8.17. The molecule has 1 fully saturated rings. The first-order valence-electron chi connectivity index (χ1n) is 8.39. The first-order chi connectivity index (χ1) is 12.5. The summed E-state index contributed by atoms with van der Waals surface area (Å²) >= 11 is 0. The standard InChI is InChI=1S/C17H19N3O5S/c21-17(19-9-12-3-4-15-16(7-12)25-11-24-15)14-8-13(10-18-14)26(22,23)20-5-1-2-6-20/h3-4,7-8,10,18H,1-2,5-6,9,11H2,(H,19,21). The third-order valence-electron chi connectivity index (χ3n) is 4.49. The number of ether oxygens (including phenoxy) is 2. The van der Waals surface area contributed by atoms with E-state index in [9.17, 15) is 13.2 Å². The van der Waals surface area contributed by atoms with E-state index in [0.29, 0.717) is 31.1 Å². The van der Waals surface area contributed by atoms with E-state index in [2.05, 4.69) is 10.3 Å². The summed E-state index contributed by atoms with van der Waals surface area (Å²) in [5.41, 5.74) is 1.07. The van der Waals surface area contributed by atoms with Gasteiger partial charge in [0.05, 0.1) is 0 Å². The number of carbonyl (C=O) groups is 1. The molecule has 0 radical (unpaired) electrons. The highest BCUT2D eigenvalue weighted by atomic mass is 32.2. The Balaban J connectivity index is 1.42. The summed E-state index contributed by atoms with van der Waals surface area (Å²) in [5.74, 6) is 0.961. The monoisotopic (exact) mass is 377 g/mol. The number of benzene rings is 1. The molecule has 2 aliphatic rings. The van der Waals surface area contributed by atoms with Crippen LogP contribution < -0.4 is 14.8 Å². The van der Waals surface area contributed by atoms with E-state index in [-0.39, 0.29) is 23.3 Å². The minimum Gasteiger partial charge on any atom is -0.454 e. The summed E-state index contributed by atoms with van der Waals surface area (Å²) in [6.07, 6.45) is 3.10. The van der Waals surface area contributed by atoms with Crippen LogP contribution in [0, 0.1) is 0 Å². The molecular weight excluding hydrogens is 358 g/mol. The van der Waals surface area contributed by atoms with Gasteiger partial charge in [0.1, 0.15) is 10.6 Å². The number of sulfonamides is 1. The minimum atomic E-state index is -3.53. The highest BCUT2D eigenvalue weighted by Crippen LogP contribution is 2.32. The molecule has 0 bridgehead atoms. The summed E-state index contributed by atoms with van der Waals surface area (Å²) < 4.78 is 37.0. The Kier molecular flexibility index (Phi) is 4.33. The van der Waals surface area contributed by atoms with E-state index in [1.807, 2.05) is 6.07 Å². The number of carbonyl (C=O) groups excluding carboxylic acids is 1. The van der Waals surface area contributed by atoms with Gasteiger partial charge in [0.2, 0.25) is 16.8 Å². The van der Waals surface area contributed by atoms with Crippen molar-refractivity contribution < 1.29 is 22.7 Å². The Morgan fingerprint density at radius 3 is 2.73 bits per heavy atom. The predicted octanol–water partition coefficient (Wildman–Crippen LogP) is 1.46. The number of amides is 1. The van der Waals surface area contributed by atoms with Gasteiger partial charge < -0.3 is 19.8 Å². The number of fused-ring (bicyclic) bond motifs is 1. The van der Waals surface area contributed by atoms with Crippen molar-refractivity contribution >= 4 is 15.9 Å². The third-order valence-corrected chi connectivity index (χ3v) is 6.37. The fourth-order valence-corrected chi connectivity index (χ4v) is 4.57. The zero-order valence-corrected chi connectivity index (χ0v) is 14.8. The molecule has 1 saturated heterocycles. The number of hydrogen-bond acceptors (Lipinski definition) is 5. The molecule has 0 spiro atoms. The molecule has 4 rings (SSSR count). The highest BCUT2D eigenvalue weighted by Gasteiger charge is 2.28. The van der Waals surface area contributed by atoms with Crippen LogP contribution in [-0.4, -0.2) is 43.5 Å². The first kappa shape index (κ1) is 16.9. The fraction of sp³-hybridized carbons (Fsp3) is 0.353. The van der Waals surface area contributed by atoms with E-state index in [1.54, 1.807) is 12.1 Å². The molecule has 138 valence electrons. The Labute approximate surface area is 151 Å². The van der Waals surface area contributed by atoms with Gasteiger partial charge in [0, 0.05) is 25.8 Å². The average Bonchev–Trinajstić information content (AvgIpc) is 3.40. The van der Waals surface area contributed by atoms with Gasteiger partial charge in [-0.3, -0.25) is 4.79 Å². The van der Waals surface area contributed by atoms with Crippen LogP contribution >= 0.6 is 0 Å². The number of hydrogen-bond donors (Lipinski definition) is 2. The number of H-pyrrole nitrogens is 1. The Morgan fingerprint density at radius 1 is 1.15 bits per heavy atom. The molecule has 1 aromatic carbocycles. The molecule has 0 unspecified atom stereocenters. The molecule has 2 aromatic rings. The molecule has 0 aliphatic carbocycles. The second kappa shape index (κ2) is 6.65. The van der Waals surface area contributed by atoms with Gasteiger partial charge in [-0.15, -0.1) is 0 Å². The van der Waals surface area contributed by atoms with Crippen LogP contribution in [0.5, 0.6) is 11.5 Å². The van der Waals surface area contributed by atoms with Crippen LogP contribution in [0.3, 0.4) is 0 Å². The lowest BCUT2D eigenvalue weighted by Gasteiger charge is -2.13. The summed E-state index contributed by atoms with van der Waals surface area (Å²) in [6.45, 7) is 1.54. The van der Waals surface area contributed by atoms with Crippen LogP contribution in [0.2, 0.25) is 0 Å². The molecule has 8 nitrogen and oxygen atoms in total. The molecule has 26 heavy (non-hydrogen) atoms. The van der Waals surface area contributed by atoms with E-state index in [1.165, 1.54) is 16.6 Å². The SMILES string of the molecule is O=C(NCc1ccc2c(c1)OCO2)c1cc(S(=O)(=O)N2CCCC2)c[nH]1. The Hall–Kier alpha value is -2.52. The van der Waals surface area contributed by atoms with Crippen LogP contribution in [0.25, 0.3) is 0 Å². The largest absolute Gasteiger partial charge is 0.454 e. The van der Waals surface area contributed by atoms with Gasteiger partial charge in [-0.2, -0.15) is 4.31 Å². The smallest absolute Gasteiger partial charge is 0.268 e. The van der Waals surface area contributed by atoms with E-state index >= 15 is 0 Å². The van der Waals surface area contributed by atoms with Gasteiger partial charge >= 0.3 is 0 Å². The lowest BCUT2D eigenvalue weighted by molar-refractivity contribution is 0.0946. The molecule has 9 heteroatoms. The summed E-state index contributed by atoms with van der Waals surface area (Å²) in [6, 6.07) is 6.81. The van der Waals surface area contributed by atoms with Crippen molar-refractivity contribution in [3.05, 3.63) is 41.7 Å².